The third-order valence-corrected chi connectivity index (χ3v) is 2.97. The van der Waals surface area contributed by atoms with Gasteiger partial charge in [0.2, 0.25) is 0 Å². The molecule has 1 heterocycles. The number of aromatic nitrogens is 1. The zero-order valence-electron chi connectivity index (χ0n) is 7.50. The quantitative estimate of drug-likeness (QED) is 0.896. The van der Waals surface area contributed by atoms with Crippen LogP contribution >= 0.6 is 27.5 Å². The van der Waals surface area contributed by atoms with E-state index in [4.69, 9.17) is 17.3 Å². The number of halogens is 2. The molecule has 14 heavy (non-hydrogen) atoms. The van der Waals surface area contributed by atoms with Crippen molar-refractivity contribution in [2.75, 3.05) is 6.54 Å². The Morgan fingerprint density at radius 1 is 1.36 bits per heavy atom. The zero-order chi connectivity index (χ0) is 10.1. The molecule has 74 valence electrons. The maximum Gasteiger partial charge on any atom is 0.110 e. The molecule has 4 heteroatoms. The topological polar surface area (TPSA) is 30.9 Å². The lowest BCUT2D eigenvalue weighted by Gasteiger charge is -2.04. The number of rotatable bonds is 2. The first-order valence-electron chi connectivity index (χ1n) is 4.37. The third-order valence-electron chi connectivity index (χ3n) is 2.17. The summed E-state index contributed by atoms with van der Waals surface area (Å²) < 4.78 is 3.07. The summed E-state index contributed by atoms with van der Waals surface area (Å²) in [6.45, 7) is 1.34. The van der Waals surface area contributed by atoms with Crippen LogP contribution in [0.4, 0.5) is 0 Å². The van der Waals surface area contributed by atoms with Crippen molar-refractivity contribution in [1.82, 2.24) is 4.57 Å². The first-order valence-corrected chi connectivity index (χ1v) is 5.54. The number of hydrogen-bond acceptors (Lipinski definition) is 1. The molecule has 1 aromatic carbocycles. The van der Waals surface area contributed by atoms with Gasteiger partial charge in [-0.05, 0) is 18.2 Å². The Balaban J connectivity index is 2.66. The molecule has 2 rings (SSSR count). The van der Waals surface area contributed by atoms with Gasteiger partial charge in [-0.2, -0.15) is 0 Å². The van der Waals surface area contributed by atoms with Crippen LogP contribution in [0.2, 0.25) is 5.15 Å². The summed E-state index contributed by atoms with van der Waals surface area (Å²) in [6.07, 6.45) is 0. The number of fused-ring (bicyclic) bond motifs is 1. The lowest BCUT2D eigenvalue weighted by Crippen LogP contribution is -2.09. The highest BCUT2D eigenvalue weighted by Gasteiger charge is 2.05. The summed E-state index contributed by atoms with van der Waals surface area (Å²) in [5, 5.41) is 1.88. The van der Waals surface area contributed by atoms with Crippen LogP contribution in [0.5, 0.6) is 0 Å². The molecule has 0 fully saturated rings. The molecule has 0 radical (unpaired) electrons. The van der Waals surface area contributed by atoms with Gasteiger partial charge >= 0.3 is 0 Å². The van der Waals surface area contributed by atoms with E-state index in [2.05, 4.69) is 22.0 Å². The van der Waals surface area contributed by atoms with Crippen molar-refractivity contribution in [3.63, 3.8) is 0 Å². The molecule has 1 aromatic heterocycles. The van der Waals surface area contributed by atoms with Gasteiger partial charge in [0.05, 0.1) is 5.52 Å². The van der Waals surface area contributed by atoms with E-state index < -0.39 is 0 Å². The molecule has 0 spiro atoms. The van der Waals surface area contributed by atoms with Crippen LogP contribution in [0.15, 0.2) is 28.7 Å². The number of hydrogen-bond donors (Lipinski definition) is 1. The highest BCUT2D eigenvalue weighted by molar-refractivity contribution is 9.10. The second kappa shape index (κ2) is 3.93. The third kappa shape index (κ3) is 1.67. The maximum atomic E-state index is 6.09. The van der Waals surface area contributed by atoms with Crippen molar-refractivity contribution in [3.8, 4) is 0 Å². The van der Waals surface area contributed by atoms with Crippen LogP contribution in [0.3, 0.4) is 0 Å². The highest BCUT2D eigenvalue weighted by atomic mass is 79.9. The largest absolute Gasteiger partial charge is 0.330 e. The van der Waals surface area contributed by atoms with Crippen molar-refractivity contribution in [3.05, 3.63) is 33.9 Å². The van der Waals surface area contributed by atoms with E-state index in [-0.39, 0.29) is 0 Å². The molecule has 0 bridgehead atoms. The Hall–Kier alpha value is -0.510. The lowest BCUT2D eigenvalue weighted by molar-refractivity contribution is 0.736. The summed E-state index contributed by atoms with van der Waals surface area (Å²) in [6, 6.07) is 8.06. The van der Waals surface area contributed by atoms with Gasteiger partial charge in [-0.3, -0.25) is 0 Å². The average Bonchev–Trinajstić information content (AvgIpc) is 2.45. The number of nitrogens with two attached hydrogens (primary N) is 1. The van der Waals surface area contributed by atoms with Crippen LogP contribution in [-0.4, -0.2) is 11.1 Å². The smallest absolute Gasteiger partial charge is 0.110 e. The van der Waals surface area contributed by atoms with E-state index in [1.807, 2.05) is 22.8 Å². The Kier molecular flexibility index (Phi) is 2.81. The monoisotopic (exact) mass is 272 g/mol. The van der Waals surface area contributed by atoms with E-state index in [1.54, 1.807) is 0 Å². The van der Waals surface area contributed by atoms with E-state index >= 15 is 0 Å². The zero-order valence-corrected chi connectivity index (χ0v) is 9.85. The molecule has 0 saturated carbocycles. The van der Waals surface area contributed by atoms with E-state index in [9.17, 15) is 0 Å². The van der Waals surface area contributed by atoms with Gasteiger partial charge in [0, 0.05) is 22.9 Å². The molecule has 0 aliphatic carbocycles. The molecule has 0 amide bonds. The van der Waals surface area contributed by atoms with Crippen LogP contribution in [0.1, 0.15) is 0 Å². The number of benzene rings is 1. The molecule has 0 saturated heterocycles. The molecule has 2 nitrogen and oxygen atoms in total. The van der Waals surface area contributed by atoms with Crippen molar-refractivity contribution in [1.29, 1.82) is 0 Å². The molecule has 2 aromatic rings. The normalized spacial score (nSPS) is 11.1. The molecular weight excluding hydrogens is 263 g/mol. The molecule has 0 aliphatic rings. The fourth-order valence-electron chi connectivity index (χ4n) is 1.55. The lowest BCUT2D eigenvalue weighted by atomic mass is 10.2. The van der Waals surface area contributed by atoms with E-state index in [0.29, 0.717) is 6.54 Å². The van der Waals surface area contributed by atoms with Crippen molar-refractivity contribution >= 4 is 38.4 Å². The first-order chi connectivity index (χ1) is 6.72. The molecule has 0 unspecified atom stereocenters. The van der Waals surface area contributed by atoms with Crippen LogP contribution in [0.25, 0.3) is 10.9 Å². The second-order valence-electron chi connectivity index (χ2n) is 3.11. The van der Waals surface area contributed by atoms with Crippen LogP contribution in [-0.2, 0) is 6.54 Å². The van der Waals surface area contributed by atoms with Crippen LogP contribution in [0, 0.1) is 0 Å². The molecule has 0 aliphatic heterocycles. The minimum Gasteiger partial charge on any atom is -0.330 e. The van der Waals surface area contributed by atoms with Crippen LogP contribution < -0.4 is 5.73 Å². The standard InChI is InChI=1S/C10H10BrClN2/c11-8-2-1-7-5-10(12)14(4-3-13)9(7)6-8/h1-2,5-6H,3-4,13H2. The predicted octanol–water partition coefficient (Wildman–Crippen LogP) is 3.02. The van der Waals surface area contributed by atoms with Gasteiger partial charge in [-0.1, -0.05) is 33.6 Å². The summed E-state index contributed by atoms with van der Waals surface area (Å²) in [5.74, 6) is 0. The number of nitrogens with zero attached hydrogens (tertiary/aromatic N) is 1. The molecule has 0 atom stereocenters. The summed E-state index contributed by atoms with van der Waals surface area (Å²) >= 11 is 9.53. The summed E-state index contributed by atoms with van der Waals surface area (Å²) in [4.78, 5) is 0. The highest BCUT2D eigenvalue weighted by Crippen LogP contribution is 2.26. The SMILES string of the molecule is NCCn1c(Cl)cc2ccc(Br)cc21. The Morgan fingerprint density at radius 2 is 2.14 bits per heavy atom. The van der Waals surface area contributed by atoms with Gasteiger partial charge in [0.1, 0.15) is 5.15 Å². The Labute approximate surface area is 95.8 Å². The summed E-state index contributed by atoms with van der Waals surface area (Å²) in [7, 11) is 0. The van der Waals surface area contributed by atoms with Gasteiger partial charge < -0.3 is 10.3 Å². The molecular formula is C10H10BrClN2. The second-order valence-corrected chi connectivity index (χ2v) is 4.41. The average molecular weight is 274 g/mol. The fourth-order valence-corrected chi connectivity index (χ4v) is 2.19. The van der Waals surface area contributed by atoms with E-state index in [1.165, 1.54) is 0 Å². The van der Waals surface area contributed by atoms with Gasteiger partial charge in [-0.25, -0.2) is 0 Å². The van der Waals surface area contributed by atoms with Crippen molar-refractivity contribution in [2.24, 2.45) is 5.73 Å². The van der Waals surface area contributed by atoms with Gasteiger partial charge in [0.25, 0.3) is 0 Å². The van der Waals surface area contributed by atoms with Crippen molar-refractivity contribution < 1.29 is 0 Å². The fraction of sp³-hybridized carbons (Fsp3) is 0.200. The van der Waals surface area contributed by atoms with Gasteiger partial charge in [0.15, 0.2) is 0 Å². The predicted molar refractivity (Wildman–Crippen MR) is 63.7 cm³/mol. The first kappa shape index (κ1) is 10.0. The summed E-state index contributed by atoms with van der Waals surface area (Å²) in [5.41, 5.74) is 6.65. The van der Waals surface area contributed by atoms with Gasteiger partial charge in [-0.15, -0.1) is 0 Å². The van der Waals surface area contributed by atoms with E-state index in [0.717, 1.165) is 27.1 Å². The maximum absolute atomic E-state index is 6.09. The Morgan fingerprint density at radius 3 is 2.86 bits per heavy atom. The van der Waals surface area contributed by atoms with Crippen molar-refractivity contribution in [2.45, 2.75) is 6.54 Å². The molecule has 2 N–H and O–H groups in total. The Bertz CT molecular complexity index is 464. The minimum absolute atomic E-state index is 0.593. The minimum atomic E-state index is 0.593.